The van der Waals surface area contributed by atoms with Crippen LogP contribution >= 0.6 is 11.6 Å². The van der Waals surface area contributed by atoms with Crippen LogP contribution in [0.4, 0.5) is 11.4 Å². The maximum absolute atomic E-state index is 13.5. The van der Waals surface area contributed by atoms with E-state index >= 15 is 0 Å². The normalized spacial score (nSPS) is 15.3. The second-order valence-electron chi connectivity index (χ2n) is 8.70. The number of ether oxygens (including phenoxy) is 2. The highest BCUT2D eigenvalue weighted by atomic mass is 35.5. The molecule has 0 unspecified atom stereocenters. The van der Waals surface area contributed by atoms with Crippen molar-refractivity contribution in [1.82, 2.24) is 14.5 Å². The lowest BCUT2D eigenvalue weighted by Gasteiger charge is -2.22. The lowest BCUT2D eigenvalue weighted by Crippen LogP contribution is -2.32. The van der Waals surface area contributed by atoms with Crippen LogP contribution in [0.5, 0.6) is 11.6 Å². The minimum absolute atomic E-state index is 0.00873. The van der Waals surface area contributed by atoms with Crippen molar-refractivity contribution in [1.29, 1.82) is 0 Å². The minimum atomic E-state index is -0.365. The van der Waals surface area contributed by atoms with Gasteiger partial charge in [0.05, 0.1) is 30.5 Å². The molecule has 2 aromatic carbocycles. The maximum Gasteiger partial charge on any atom is 0.267 e. The van der Waals surface area contributed by atoms with Crippen LogP contribution in [0.15, 0.2) is 55.0 Å². The molecule has 1 aliphatic heterocycles. The Morgan fingerprint density at radius 3 is 2.83 bits per heavy atom. The number of carbonyl (C=O) groups is 2. The van der Waals surface area contributed by atoms with Gasteiger partial charge in [-0.15, -0.1) is 0 Å². The zero-order valence-corrected chi connectivity index (χ0v) is 20.2. The molecule has 0 bridgehead atoms. The van der Waals surface area contributed by atoms with Crippen LogP contribution < -0.4 is 19.7 Å². The molecule has 182 valence electrons. The summed E-state index contributed by atoms with van der Waals surface area (Å²) >= 11 is 6.25. The molecule has 2 aliphatic rings. The van der Waals surface area contributed by atoms with Crippen molar-refractivity contribution < 1.29 is 19.1 Å². The zero-order chi connectivity index (χ0) is 24.8. The minimum Gasteiger partial charge on any atom is -0.495 e. The lowest BCUT2D eigenvalue weighted by atomic mass is 10.1. The highest BCUT2D eigenvalue weighted by Gasteiger charge is 2.32. The first-order valence-corrected chi connectivity index (χ1v) is 12.0. The van der Waals surface area contributed by atoms with Gasteiger partial charge >= 0.3 is 0 Å². The van der Waals surface area contributed by atoms with E-state index in [1.54, 1.807) is 12.0 Å². The van der Waals surface area contributed by atoms with Crippen LogP contribution in [0.3, 0.4) is 0 Å². The molecule has 0 spiro atoms. The summed E-state index contributed by atoms with van der Waals surface area (Å²) in [5, 5.41) is 3.98. The Morgan fingerprint density at radius 1 is 1.19 bits per heavy atom. The Balaban J connectivity index is 1.50. The van der Waals surface area contributed by atoms with Crippen molar-refractivity contribution in [2.75, 3.05) is 30.5 Å². The van der Waals surface area contributed by atoms with Gasteiger partial charge in [0.25, 0.3) is 5.91 Å². The van der Waals surface area contributed by atoms with Gasteiger partial charge in [0.1, 0.15) is 29.4 Å². The van der Waals surface area contributed by atoms with E-state index in [4.69, 9.17) is 21.1 Å². The van der Waals surface area contributed by atoms with Gasteiger partial charge in [-0.05, 0) is 43.2 Å². The Labute approximate surface area is 211 Å². The summed E-state index contributed by atoms with van der Waals surface area (Å²) in [4.78, 5) is 36.0. The first kappa shape index (κ1) is 22.4. The fraction of sp³-hybridized carbons (Fsp3) is 0.231. The molecule has 4 aromatic rings. The number of anilines is 2. The Bertz CT molecular complexity index is 1510. The van der Waals surface area contributed by atoms with E-state index in [0.717, 1.165) is 29.4 Å². The van der Waals surface area contributed by atoms with E-state index in [2.05, 4.69) is 15.3 Å². The standard InChI is InChI=1S/C26H22ClN5O4/c1-35-20-5-3-2-4-19(20)32-9-8-16-12-17(13-18(22(16)32)30-24(33)15-6-7-15)31-10-11-36-25-21(26(31)34)23(27)28-14-29-25/h2-5,8-9,12-15H,6-7,10-11H2,1H3,(H,30,33). The van der Waals surface area contributed by atoms with Gasteiger partial charge in [-0.25, -0.2) is 9.97 Å². The smallest absolute Gasteiger partial charge is 0.267 e. The number of carbonyl (C=O) groups excluding carboxylic acids is 2. The fourth-order valence-corrected chi connectivity index (χ4v) is 4.69. The SMILES string of the molecule is COc1ccccc1-n1ccc2cc(N3CCOc4ncnc(Cl)c4C3=O)cc(NC(=O)C3CC3)c21. The number of para-hydroxylation sites is 2. The van der Waals surface area contributed by atoms with E-state index in [1.165, 1.54) is 6.33 Å². The molecule has 0 atom stereocenters. The number of methoxy groups -OCH3 is 1. The molecule has 1 aliphatic carbocycles. The molecular weight excluding hydrogens is 482 g/mol. The molecule has 6 rings (SSSR count). The molecule has 1 fully saturated rings. The third-order valence-electron chi connectivity index (χ3n) is 6.41. The molecule has 10 heteroatoms. The average molecular weight is 504 g/mol. The zero-order valence-electron chi connectivity index (χ0n) is 19.4. The Hall–Kier alpha value is -4.11. The van der Waals surface area contributed by atoms with Crippen molar-refractivity contribution in [2.24, 2.45) is 5.92 Å². The van der Waals surface area contributed by atoms with Crippen LogP contribution in [0.25, 0.3) is 16.6 Å². The first-order chi connectivity index (χ1) is 17.5. The van der Waals surface area contributed by atoms with Crippen LogP contribution in [0.2, 0.25) is 5.15 Å². The number of benzene rings is 2. The van der Waals surface area contributed by atoms with Crippen LogP contribution in [0, 0.1) is 5.92 Å². The molecule has 2 aromatic heterocycles. The molecule has 2 amide bonds. The van der Waals surface area contributed by atoms with Gasteiger partial charge in [-0.2, -0.15) is 0 Å². The summed E-state index contributed by atoms with van der Waals surface area (Å²) in [6.45, 7) is 0.510. The second kappa shape index (κ2) is 8.83. The van der Waals surface area contributed by atoms with Crippen molar-refractivity contribution in [3.8, 4) is 17.3 Å². The number of fused-ring (bicyclic) bond motifs is 2. The molecule has 36 heavy (non-hydrogen) atoms. The quantitative estimate of drug-likeness (QED) is 0.403. The monoisotopic (exact) mass is 503 g/mol. The van der Waals surface area contributed by atoms with E-state index in [1.807, 2.05) is 53.2 Å². The lowest BCUT2D eigenvalue weighted by molar-refractivity contribution is -0.117. The molecule has 1 saturated carbocycles. The Morgan fingerprint density at radius 2 is 2.03 bits per heavy atom. The third kappa shape index (κ3) is 3.81. The number of nitrogens with one attached hydrogen (secondary N) is 1. The van der Waals surface area contributed by atoms with E-state index in [0.29, 0.717) is 17.1 Å². The second-order valence-corrected chi connectivity index (χ2v) is 9.06. The highest BCUT2D eigenvalue weighted by molar-refractivity contribution is 6.33. The first-order valence-electron chi connectivity index (χ1n) is 11.6. The number of halogens is 1. The summed E-state index contributed by atoms with van der Waals surface area (Å²) in [5.41, 5.74) is 2.96. The van der Waals surface area contributed by atoms with Crippen molar-refractivity contribution >= 4 is 45.7 Å². The predicted octanol–water partition coefficient (Wildman–Crippen LogP) is 4.47. The van der Waals surface area contributed by atoms with E-state index < -0.39 is 0 Å². The van der Waals surface area contributed by atoms with Crippen molar-refractivity contribution in [3.63, 3.8) is 0 Å². The maximum atomic E-state index is 13.5. The topological polar surface area (TPSA) is 98.6 Å². The van der Waals surface area contributed by atoms with Crippen molar-refractivity contribution in [3.05, 3.63) is 65.7 Å². The van der Waals surface area contributed by atoms with Gasteiger partial charge in [0.2, 0.25) is 11.8 Å². The number of hydrogen-bond acceptors (Lipinski definition) is 6. The molecule has 0 radical (unpaired) electrons. The number of aromatic nitrogens is 3. The van der Waals surface area contributed by atoms with Gasteiger partial charge in [0, 0.05) is 23.2 Å². The summed E-state index contributed by atoms with van der Waals surface area (Å²) in [7, 11) is 1.62. The number of nitrogens with zero attached hydrogens (tertiary/aromatic N) is 4. The number of rotatable bonds is 5. The molecule has 9 nitrogen and oxygen atoms in total. The van der Waals surface area contributed by atoms with Gasteiger partial charge < -0.3 is 24.3 Å². The Kier molecular flexibility index (Phi) is 5.49. The number of amides is 2. The molecule has 0 saturated heterocycles. The summed E-state index contributed by atoms with van der Waals surface area (Å²) < 4.78 is 13.2. The van der Waals surface area contributed by atoms with Crippen LogP contribution in [0.1, 0.15) is 23.2 Å². The third-order valence-corrected chi connectivity index (χ3v) is 6.70. The van der Waals surface area contributed by atoms with Gasteiger partial charge in [-0.3, -0.25) is 9.59 Å². The highest BCUT2D eigenvalue weighted by Crippen LogP contribution is 2.38. The summed E-state index contributed by atoms with van der Waals surface area (Å²) in [5.74, 6) is 0.469. The molecular formula is C26H22ClN5O4. The predicted molar refractivity (Wildman–Crippen MR) is 135 cm³/mol. The van der Waals surface area contributed by atoms with Gasteiger partial charge in [-0.1, -0.05) is 23.7 Å². The van der Waals surface area contributed by atoms with Crippen molar-refractivity contribution in [2.45, 2.75) is 12.8 Å². The largest absolute Gasteiger partial charge is 0.495 e. The van der Waals surface area contributed by atoms with E-state index in [-0.39, 0.29) is 47.5 Å². The molecule has 1 N–H and O–H groups in total. The van der Waals surface area contributed by atoms with E-state index in [9.17, 15) is 9.59 Å². The fourth-order valence-electron chi connectivity index (χ4n) is 4.48. The van der Waals surface area contributed by atoms with Gasteiger partial charge in [0.15, 0.2) is 0 Å². The summed E-state index contributed by atoms with van der Waals surface area (Å²) in [6, 6.07) is 13.3. The average Bonchev–Trinajstić information content (AvgIpc) is 3.67. The molecule has 3 heterocycles. The van der Waals surface area contributed by atoms with Crippen LogP contribution in [-0.2, 0) is 4.79 Å². The number of hydrogen-bond donors (Lipinski definition) is 1. The summed E-state index contributed by atoms with van der Waals surface area (Å²) in [6.07, 6.45) is 4.94. The van der Waals surface area contributed by atoms with Crippen LogP contribution in [-0.4, -0.2) is 46.6 Å².